The van der Waals surface area contributed by atoms with Crippen molar-refractivity contribution >= 4 is 9.84 Å². The van der Waals surface area contributed by atoms with Crippen LogP contribution in [-0.2, 0) is 9.84 Å². The lowest BCUT2D eigenvalue weighted by atomic mass is 9.85. The molecule has 0 aliphatic heterocycles. The van der Waals surface area contributed by atoms with E-state index in [9.17, 15) is 8.42 Å². The molecule has 1 atom stereocenters. The molecule has 0 radical (unpaired) electrons. The van der Waals surface area contributed by atoms with E-state index >= 15 is 0 Å². The Morgan fingerprint density at radius 2 is 1.86 bits per heavy atom. The van der Waals surface area contributed by atoms with Crippen LogP contribution in [-0.4, -0.2) is 33.5 Å². The van der Waals surface area contributed by atoms with Crippen molar-refractivity contribution in [3.8, 4) is 0 Å². The average molecular weight is 221 g/mol. The van der Waals surface area contributed by atoms with E-state index in [1.165, 1.54) is 0 Å². The largest absolute Gasteiger partial charge is 0.319 e. The van der Waals surface area contributed by atoms with Crippen LogP contribution in [0.25, 0.3) is 0 Å². The molecule has 0 aromatic rings. The van der Waals surface area contributed by atoms with Crippen molar-refractivity contribution in [2.24, 2.45) is 5.41 Å². The maximum Gasteiger partial charge on any atom is 0.150 e. The lowest BCUT2D eigenvalue weighted by molar-refractivity contribution is 0.290. The standard InChI is InChI=1S/C10H23NO2S/c1-5-10(3,9-11-4)7-8-14(12,13)6-2/h11H,5-9H2,1-4H3. The second-order valence-corrected chi connectivity index (χ2v) is 6.65. The van der Waals surface area contributed by atoms with Crippen molar-refractivity contribution < 1.29 is 8.42 Å². The summed E-state index contributed by atoms with van der Waals surface area (Å²) in [5.41, 5.74) is 0.108. The van der Waals surface area contributed by atoms with Gasteiger partial charge in [-0.3, -0.25) is 0 Å². The van der Waals surface area contributed by atoms with Crippen molar-refractivity contribution in [3.05, 3.63) is 0 Å². The number of rotatable bonds is 7. The Bertz CT molecular complexity index is 249. The van der Waals surface area contributed by atoms with E-state index < -0.39 is 9.84 Å². The van der Waals surface area contributed by atoms with E-state index in [-0.39, 0.29) is 11.2 Å². The molecule has 0 rings (SSSR count). The monoisotopic (exact) mass is 221 g/mol. The van der Waals surface area contributed by atoms with Crippen molar-refractivity contribution in [1.82, 2.24) is 5.32 Å². The first-order valence-electron chi connectivity index (χ1n) is 5.24. The van der Waals surface area contributed by atoms with Gasteiger partial charge in [0.05, 0.1) is 5.75 Å². The van der Waals surface area contributed by atoms with Gasteiger partial charge in [0.25, 0.3) is 0 Å². The summed E-state index contributed by atoms with van der Waals surface area (Å²) >= 11 is 0. The van der Waals surface area contributed by atoms with Gasteiger partial charge < -0.3 is 5.32 Å². The fourth-order valence-electron chi connectivity index (χ4n) is 1.36. The molecule has 0 amide bonds. The second kappa shape index (κ2) is 5.71. The Labute approximate surface area is 88.2 Å². The molecule has 4 heteroatoms. The molecule has 14 heavy (non-hydrogen) atoms. The molecule has 0 spiro atoms. The highest BCUT2D eigenvalue weighted by molar-refractivity contribution is 7.91. The van der Waals surface area contributed by atoms with E-state index in [4.69, 9.17) is 0 Å². The first kappa shape index (κ1) is 13.9. The molecule has 0 aromatic heterocycles. The van der Waals surface area contributed by atoms with Crippen molar-refractivity contribution in [1.29, 1.82) is 0 Å². The fourth-order valence-corrected chi connectivity index (χ4v) is 2.46. The molecule has 1 N–H and O–H groups in total. The third kappa shape index (κ3) is 4.96. The average Bonchev–Trinajstić information content (AvgIpc) is 2.16. The minimum absolute atomic E-state index is 0.108. The molecule has 0 fully saturated rings. The van der Waals surface area contributed by atoms with Crippen molar-refractivity contribution in [3.63, 3.8) is 0 Å². The van der Waals surface area contributed by atoms with Gasteiger partial charge >= 0.3 is 0 Å². The lowest BCUT2D eigenvalue weighted by Gasteiger charge is -2.27. The highest BCUT2D eigenvalue weighted by Gasteiger charge is 2.23. The summed E-state index contributed by atoms with van der Waals surface area (Å²) in [4.78, 5) is 0. The van der Waals surface area contributed by atoms with Crippen molar-refractivity contribution in [2.75, 3.05) is 25.1 Å². The van der Waals surface area contributed by atoms with Gasteiger partial charge in [-0.25, -0.2) is 8.42 Å². The molecule has 0 aliphatic carbocycles. The normalized spacial score (nSPS) is 16.6. The first-order chi connectivity index (χ1) is 6.39. The topological polar surface area (TPSA) is 46.2 Å². The van der Waals surface area contributed by atoms with Crippen LogP contribution in [0.2, 0.25) is 0 Å². The Hall–Kier alpha value is -0.0900. The smallest absolute Gasteiger partial charge is 0.150 e. The first-order valence-corrected chi connectivity index (χ1v) is 7.06. The summed E-state index contributed by atoms with van der Waals surface area (Å²) < 4.78 is 22.7. The minimum Gasteiger partial charge on any atom is -0.319 e. The van der Waals surface area contributed by atoms with Crippen LogP contribution >= 0.6 is 0 Å². The van der Waals surface area contributed by atoms with Crippen LogP contribution in [0.3, 0.4) is 0 Å². The molecule has 0 saturated heterocycles. The fraction of sp³-hybridized carbons (Fsp3) is 1.00. The molecule has 0 heterocycles. The molecule has 1 unspecified atom stereocenters. The quantitative estimate of drug-likeness (QED) is 0.708. The van der Waals surface area contributed by atoms with Crippen LogP contribution in [0.1, 0.15) is 33.6 Å². The molecular formula is C10H23NO2S. The van der Waals surface area contributed by atoms with E-state index in [0.29, 0.717) is 5.75 Å². The third-order valence-corrected chi connectivity index (χ3v) is 4.62. The maximum atomic E-state index is 11.3. The molecular weight excluding hydrogens is 198 g/mol. The van der Waals surface area contributed by atoms with Crippen LogP contribution in [0.5, 0.6) is 0 Å². The van der Waals surface area contributed by atoms with Gasteiger partial charge in [0.15, 0.2) is 0 Å². The van der Waals surface area contributed by atoms with Crippen LogP contribution in [0.15, 0.2) is 0 Å². The number of hydrogen-bond donors (Lipinski definition) is 1. The van der Waals surface area contributed by atoms with Gasteiger partial charge in [0.1, 0.15) is 9.84 Å². The second-order valence-electron chi connectivity index (χ2n) is 4.18. The van der Waals surface area contributed by atoms with Crippen LogP contribution in [0.4, 0.5) is 0 Å². The molecule has 0 aliphatic rings. The van der Waals surface area contributed by atoms with E-state index in [0.717, 1.165) is 19.4 Å². The third-order valence-electron chi connectivity index (χ3n) is 2.91. The zero-order valence-electron chi connectivity index (χ0n) is 9.76. The van der Waals surface area contributed by atoms with Crippen LogP contribution < -0.4 is 5.32 Å². The summed E-state index contributed by atoms with van der Waals surface area (Å²) in [6.07, 6.45) is 1.76. The van der Waals surface area contributed by atoms with Gasteiger partial charge in [0.2, 0.25) is 0 Å². The minimum atomic E-state index is -2.81. The summed E-state index contributed by atoms with van der Waals surface area (Å²) in [6.45, 7) is 6.82. The van der Waals surface area contributed by atoms with E-state index in [1.807, 2.05) is 7.05 Å². The van der Waals surface area contributed by atoms with Crippen LogP contribution in [0, 0.1) is 5.41 Å². The number of nitrogens with one attached hydrogen (secondary N) is 1. The highest BCUT2D eigenvalue weighted by Crippen LogP contribution is 2.25. The van der Waals surface area contributed by atoms with Crippen molar-refractivity contribution in [2.45, 2.75) is 33.6 Å². The van der Waals surface area contributed by atoms with Gasteiger partial charge in [0, 0.05) is 12.3 Å². The lowest BCUT2D eigenvalue weighted by Crippen LogP contribution is -2.31. The Kier molecular flexibility index (Phi) is 5.67. The van der Waals surface area contributed by atoms with Gasteiger partial charge in [-0.2, -0.15) is 0 Å². The van der Waals surface area contributed by atoms with Gasteiger partial charge in [-0.05, 0) is 25.3 Å². The molecule has 0 aromatic carbocycles. The summed E-state index contributed by atoms with van der Waals surface area (Å²) in [5, 5.41) is 3.12. The van der Waals surface area contributed by atoms with Gasteiger partial charge in [-0.1, -0.05) is 20.8 Å². The highest BCUT2D eigenvalue weighted by atomic mass is 32.2. The Balaban J connectivity index is 4.21. The Morgan fingerprint density at radius 3 is 2.21 bits per heavy atom. The summed E-state index contributed by atoms with van der Waals surface area (Å²) in [6, 6.07) is 0. The van der Waals surface area contributed by atoms with E-state index in [2.05, 4.69) is 19.2 Å². The maximum absolute atomic E-state index is 11.3. The molecule has 0 saturated carbocycles. The predicted molar refractivity (Wildman–Crippen MR) is 61.3 cm³/mol. The van der Waals surface area contributed by atoms with E-state index in [1.54, 1.807) is 6.92 Å². The predicted octanol–water partition coefficient (Wildman–Crippen LogP) is 1.45. The zero-order chi connectivity index (χ0) is 11.2. The Morgan fingerprint density at radius 1 is 1.29 bits per heavy atom. The molecule has 86 valence electrons. The summed E-state index contributed by atoms with van der Waals surface area (Å²) in [5.74, 6) is 0.571. The molecule has 3 nitrogen and oxygen atoms in total. The number of hydrogen-bond acceptors (Lipinski definition) is 3. The van der Waals surface area contributed by atoms with Gasteiger partial charge in [-0.15, -0.1) is 0 Å². The summed E-state index contributed by atoms with van der Waals surface area (Å²) in [7, 11) is -0.904. The SMILES string of the molecule is CCC(C)(CCS(=O)(=O)CC)CNC. The molecule has 0 bridgehead atoms. The number of sulfone groups is 1. The zero-order valence-corrected chi connectivity index (χ0v) is 10.6.